The van der Waals surface area contributed by atoms with E-state index in [4.69, 9.17) is 18.9 Å². The number of para-hydroxylation sites is 2. The molecule has 2 heterocycles. The summed E-state index contributed by atoms with van der Waals surface area (Å²) in [6.45, 7) is 2.80. The molecule has 0 aliphatic carbocycles. The van der Waals surface area contributed by atoms with Gasteiger partial charge in [0.05, 0.1) is 13.2 Å². The molecule has 3 aromatic rings. The molecule has 0 aromatic heterocycles. The Kier molecular flexibility index (Phi) is 4.73. The van der Waals surface area contributed by atoms with Gasteiger partial charge in [-0.2, -0.15) is 0 Å². The molecule has 28 heavy (non-hydrogen) atoms. The van der Waals surface area contributed by atoms with Crippen molar-refractivity contribution >= 4 is 0 Å². The Bertz CT molecular complexity index is 864. The summed E-state index contributed by atoms with van der Waals surface area (Å²) in [6.07, 6.45) is 0.487. The lowest BCUT2D eigenvalue weighted by Gasteiger charge is -2.13. The smallest absolute Gasteiger partial charge is 0.127 e. The van der Waals surface area contributed by atoms with Gasteiger partial charge in [0, 0.05) is 11.1 Å². The van der Waals surface area contributed by atoms with Gasteiger partial charge in [0.25, 0.3) is 0 Å². The third-order valence-electron chi connectivity index (χ3n) is 4.94. The standard InChI is InChI=1S/C24H22O4/c1-3-7-23(27-15-19-13-25-19)21(5-1)17-9-11-18(12-10-17)22-6-2-4-8-24(22)28-16-20-14-26-20/h1-12,19-20H,13-16H2. The van der Waals surface area contributed by atoms with Crippen LogP contribution in [0, 0.1) is 0 Å². The molecular weight excluding hydrogens is 352 g/mol. The molecule has 4 heteroatoms. The summed E-state index contributed by atoms with van der Waals surface area (Å²) in [6, 6.07) is 24.8. The predicted molar refractivity (Wildman–Crippen MR) is 108 cm³/mol. The molecule has 5 rings (SSSR count). The van der Waals surface area contributed by atoms with Gasteiger partial charge in [-0.25, -0.2) is 0 Å². The highest BCUT2D eigenvalue weighted by molar-refractivity contribution is 5.76. The van der Waals surface area contributed by atoms with Crippen LogP contribution in [0.1, 0.15) is 0 Å². The van der Waals surface area contributed by atoms with E-state index in [1.165, 1.54) is 0 Å². The number of hydrogen-bond donors (Lipinski definition) is 0. The van der Waals surface area contributed by atoms with E-state index in [0.29, 0.717) is 13.2 Å². The van der Waals surface area contributed by atoms with E-state index in [1.807, 2.05) is 36.4 Å². The van der Waals surface area contributed by atoms with Crippen LogP contribution in [-0.4, -0.2) is 38.6 Å². The van der Waals surface area contributed by atoms with E-state index in [1.54, 1.807) is 0 Å². The predicted octanol–water partition coefficient (Wildman–Crippen LogP) is 4.58. The average molecular weight is 374 g/mol. The minimum absolute atomic E-state index is 0.243. The molecule has 142 valence electrons. The van der Waals surface area contributed by atoms with Crippen molar-refractivity contribution in [2.24, 2.45) is 0 Å². The monoisotopic (exact) mass is 374 g/mol. The van der Waals surface area contributed by atoms with Gasteiger partial charge in [-0.15, -0.1) is 0 Å². The van der Waals surface area contributed by atoms with Crippen LogP contribution in [0.15, 0.2) is 72.8 Å². The van der Waals surface area contributed by atoms with Crippen LogP contribution in [0.4, 0.5) is 0 Å². The topological polar surface area (TPSA) is 43.5 Å². The van der Waals surface area contributed by atoms with Gasteiger partial charge in [-0.3, -0.25) is 0 Å². The maximum Gasteiger partial charge on any atom is 0.127 e. The van der Waals surface area contributed by atoms with Crippen LogP contribution in [-0.2, 0) is 9.47 Å². The summed E-state index contributed by atoms with van der Waals surface area (Å²) in [7, 11) is 0. The first kappa shape index (κ1) is 17.3. The van der Waals surface area contributed by atoms with Crippen LogP contribution >= 0.6 is 0 Å². The summed E-state index contributed by atoms with van der Waals surface area (Å²) >= 11 is 0. The van der Waals surface area contributed by atoms with Gasteiger partial charge in [-0.1, -0.05) is 60.7 Å². The Labute approximate surface area is 164 Å². The lowest BCUT2D eigenvalue weighted by molar-refractivity contribution is 0.264. The van der Waals surface area contributed by atoms with Gasteiger partial charge >= 0.3 is 0 Å². The second-order valence-electron chi connectivity index (χ2n) is 7.10. The van der Waals surface area contributed by atoms with Crippen molar-refractivity contribution in [1.29, 1.82) is 0 Å². The minimum Gasteiger partial charge on any atom is -0.490 e. The van der Waals surface area contributed by atoms with E-state index in [2.05, 4.69) is 36.4 Å². The van der Waals surface area contributed by atoms with E-state index >= 15 is 0 Å². The summed E-state index contributed by atoms with van der Waals surface area (Å²) in [5.74, 6) is 1.78. The second kappa shape index (κ2) is 7.66. The molecule has 4 nitrogen and oxygen atoms in total. The maximum atomic E-state index is 5.95. The van der Waals surface area contributed by atoms with E-state index in [-0.39, 0.29) is 12.2 Å². The third kappa shape index (κ3) is 4.03. The second-order valence-corrected chi connectivity index (χ2v) is 7.10. The van der Waals surface area contributed by atoms with E-state index in [9.17, 15) is 0 Å². The zero-order chi connectivity index (χ0) is 18.8. The molecule has 2 aliphatic heterocycles. The Morgan fingerprint density at radius 3 is 1.39 bits per heavy atom. The molecule has 0 saturated carbocycles. The summed E-state index contributed by atoms with van der Waals surface area (Å²) in [5, 5.41) is 0. The maximum absolute atomic E-state index is 5.95. The van der Waals surface area contributed by atoms with Crippen molar-refractivity contribution in [1.82, 2.24) is 0 Å². The quantitative estimate of drug-likeness (QED) is 0.542. The largest absolute Gasteiger partial charge is 0.490 e. The molecule has 0 radical (unpaired) electrons. The fourth-order valence-electron chi connectivity index (χ4n) is 3.19. The summed E-state index contributed by atoms with van der Waals surface area (Å²) in [5.41, 5.74) is 4.43. The Hall–Kier alpha value is -2.82. The summed E-state index contributed by atoms with van der Waals surface area (Å²) < 4.78 is 22.4. The van der Waals surface area contributed by atoms with Crippen molar-refractivity contribution in [3.8, 4) is 33.8 Å². The molecule has 0 N–H and O–H groups in total. The molecule has 2 fully saturated rings. The number of hydrogen-bond acceptors (Lipinski definition) is 4. The molecule has 3 aromatic carbocycles. The zero-order valence-electron chi connectivity index (χ0n) is 15.5. The van der Waals surface area contributed by atoms with Crippen molar-refractivity contribution in [3.05, 3.63) is 72.8 Å². The normalized spacial score (nSPS) is 19.9. The van der Waals surface area contributed by atoms with Gasteiger partial charge in [-0.05, 0) is 23.3 Å². The Balaban J connectivity index is 1.38. The lowest BCUT2D eigenvalue weighted by Crippen LogP contribution is -2.05. The zero-order valence-corrected chi connectivity index (χ0v) is 15.5. The molecule has 2 aliphatic rings. The number of benzene rings is 3. The number of ether oxygens (including phenoxy) is 4. The number of epoxide rings is 2. The van der Waals surface area contributed by atoms with Crippen LogP contribution in [0.5, 0.6) is 11.5 Å². The number of rotatable bonds is 8. The molecule has 2 atom stereocenters. The van der Waals surface area contributed by atoms with Gasteiger partial charge in [0.2, 0.25) is 0 Å². The first-order valence-electron chi connectivity index (χ1n) is 9.64. The molecule has 0 bridgehead atoms. The first-order valence-corrected chi connectivity index (χ1v) is 9.64. The van der Waals surface area contributed by atoms with Crippen LogP contribution < -0.4 is 9.47 Å². The third-order valence-corrected chi connectivity index (χ3v) is 4.94. The fraction of sp³-hybridized carbons (Fsp3) is 0.250. The van der Waals surface area contributed by atoms with Crippen molar-refractivity contribution in [3.63, 3.8) is 0 Å². The SMILES string of the molecule is c1ccc(-c2ccc(-c3ccccc3OCC3CO3)cc2)c(OCC2CO2)c1. The highest BCUT2D eigenvalue weighted by Gasteiger charge is 2.24. The Morgan fingerprint density at radius 1 is 0.607 bits per heavy atom. The lowest BCUT2D eigenvalue weighted by atomic mass is 9.99. The highest BCUT2D eigenvalue weighted by atomic mass is 16.6. The van der Waals surface area contributed by atoms with Crippen molar-refractivity contribution in [2.75, 3.05) is 26.4 Å². The minimum atomic E-state index is 0.243. The van der Waals surface area contributed by atoms with Crippen LogP contribution in [0.2, 0.25) is 0 Å². The van der Waals surface area contributed by atoms with Crippen LogP contribution in [0.3, 0.4) is 0 Å². The van der Waals surface area contributed by atoms with Gasteiger partial charge < -0.3 is 18.9 Å². The summed E-state index contributed by atoms with van der Waals surface area (Å²) in [4.78, 5) is 0. The van der Waals surface area contributed by atoms with Gasteiger partial charge in [0.1, 0.15) is 36.9 Å². The van der Waals surface area contributed by atoms with Gasteiger partial charge in [0.15, 0.2) is 0 Å². The van der Waals surface area contributed by atoms with Crippen LogP contribution in [0.25, 0.3) is 22.3 Å². The average Bonchev–Trinajstić information content (AvgIpc) is 3.66. The van der Waals surface area contributed by atoms with Crippen molar-refractivity contribution in [2.45, 2.75) is 12.2 Å². The molecule has 0 spiro atoms. The Morgan fingerprint density at radius 2 is 1.00 bits per heavy atom. The molecule has 2 unspecified atom stereocenters. The van der Waals surface area contributed by atoms with Crippen molar-refractivity contribution < 1.29 is 18.9 Å². The van der Waals surface area contributed by atoms with E-state index in [0.717, 1.165) is 47.0 Å². The highest BCUT2D eigenvalue weighted by Crippen LogP contribution is 2.34. The first-order chi connectivity index (χ1) is 13.9. The molecular formula is C24H22O4. The molecule has 2 saturated heterocycles. The van der Waals surface area contributed by atoms with E-state index < -0.39 is 0 Å². The fourth-order valence-corrected chi connectivity index (χ4v) is 3.19. The molecule has 0 amide bonds.